The highest BCUT2D eigenvalue weighted by molar-refractivity contribution is 6.31. The quantitative estimate of drug-likeness (QED) is 0.686. The summed E-state index contributed by atoms with van der Waals surface area (Å²) < 4.78 is 0. The van der Waals surface area contributed by atoms with E-state index in [0.717, 1.165) is 11.3 Å². The average Bonchev–Trinajstić information content (AvgIpc) is 2.13. The smallest absolute Gasteiger partial charge is 0.142 e. The Balaban J connectivity index is 3.35. The summed E-state index contributed by atoms with van der Waals surface area (Å²) in [5.74, 6) is 0. The zero-order valence-corrected chi connectivity index (χ0v) is 8.26. The van der Waals surface area contributed by atoms with Gasteiger partial charge in [0, 0.05) is 5.02 Å². The summed E-state index contributed by atoms with van der Waals surface area (Å²) in [6, 6.07) is 3.54. The van der Waals surface area contributed by atoms with Gasteiger partial charge in [-0.05, 0) is 31.6 Å². The summed E-state index contributed by atoms with van der Waals surface area (Å²) in [6.07, 6.45) is 3.70. The van der Waals surface area contributed by atoms with E-state index in [2.05, 4.69) is 4.98 Å². The largest absolute Gasteiger partial charge is 0.237 e. The number of halogens is 1. The highest BCUT2D eigenvalue weighted by atomic mass is 35.5. The van der Waals surface area contributed by atoms with Crippen LogP contribution in [0.1, 0.15) is 23.9 Å². The summed E-state index contributed by atoms with van der Waals surface area (Å²) in [6.45, 7) is 3.78. The topological polar surface area (TPSA) is 36.7 Å². The molecule has 13 heavy (non-hydrogen) atoms. The van der Waals surface area contributed by atoms with Gasteiger partial charge in [0.15, 0.2) is 0 Å². The zero-order valence-electron chi connectivity index (χ0n) is 7.50. The van der Waals surface area contributed by atoms with Crippen LogP contribution in [0.25, 0.3) is 6.08 Å². The second-order valence-electron chi connectivity index (χ2n) is 2.61. The number of hydrogen-bond donors (Lipinski definition) is 0. The maximum absolute atomic E-state index is 8.65. The van der Waals surface area contributed by atoms with Crippen LogP contribution in [-0.4, -0.2) is 4.98 Å². The molecule has 0 aromatic carbocycles. The molecule has 2 nitrogen and oxygen atoms in total. The van der Waals surface area contributed by atoms with Crippen LogP contribution in [-0.2, 0) is 0 Å². The Labute approximate surface area is 82.5 Å². The number of hydrogen-bond acceptors (Lipinski definition) is 2. The number of nitriles is 1. The fraction of sp³-hybridized carbons (Fsp3) is 0.200. The Morgan fingerprint density at radius 1 is 1.62 bits per heavy atom. The van der Waals surface area contributed by atoms with Crippen LogP contribution in [0.4, 0.5) is 0 Å². The van der Waals surface area contributed by atoms with Gasteiger partial charge in [-0.1, -0.05) is 17.7 Å². The molecule has 0 atom stereocenters. The molecule has 0 saturated carbocycles. The van der Waals surface area contributed by atoms with Crippen molar-refractivity contribution in [3.8, 4) is 6.07 Å². The van der Waals surface area contributed by atoms with Crippen LogP contribution in [0.2, 0.25) is 5.02 Å². The first-order valence-electron chi connectivity index (χ1n) is 3.89. The molecule has 1 rings (SSSR count). The monoisotopic (exact) mass is 192 g/mol. The normalized spacial score (nSPS) is 10.3. The predicted octanol–water partition coefficient (Wildman–Crippen LogP) is 2.95. The van der Waals surface area contributed by atoms with Crippen molar-refractivity contribution < 1.29 is 0 Å². The van der Waals surface area contributed by atoms with Crippen molar-refractivity contribution in [2.45, 2.75) is 13.8 Å². The van der Waals surface area contributed by atoms with Crippen LogP contribution < -0.4 is 0 Å². The Morgan fingerprint density at radius 2 is 2.31 bits per heavy atom. The van der Waals surface area contributed by atoms with Gasteiger partial charge in [-0.2, -0.15) is 5.26 Å². The molecule has 0 aliphatic heterocycles. The minimum atomic E-state index is 0.351. The van der Waals surface area contributed by atoms with Crippen molar-refractivity contribution in [3.63, 3.8) is 0 Å². The van der Waals surface area contributed by atoms with Crippen LogP contribution in [0.3, 0.4) is 0 Å². The molecule has 1 heterocycles. The van der Waals surface area contributed by atoms with Gasteiger partial charge in [0.1, 0.15) is 11.8 Å². The first-order valence-corrected chi connectivity index (χ1v) is 4.26. The molecule has 0 aliphatic rings. The number of nitrogens with zero attached hydrogens (tertiary/aromatic N) is 2. The molecular weight excluding hydrogens is 184 g/mol. The van der Waals surface area contributed by atoms with Crippen molar-refractivity contribution in [1.29, 1.82) is 5.26 Å². The summed E-state index contributed by atoms with van der Waals surface area (Å²) >= 11 is 5.91. The van der Waals surface area contributed by atoms with E-state index in [1.54, 1.807) is 6.07 Å². The summed E-state index contributed by atoms with van der Waals surface area (Å²) in [7, 11) is 0. The second kappa shape index (κ2) is 4.06. The van der Waals surface area contributed by atoms with E-state index in [1.807, 2.05) is 32.1 Å². The molecule has 0 radical (unpaired) electrons. The molecule has 0 fully saturated rings. The zero-order chi connectivity index (χ0) is 9.84. The summed E-state index contributed by atoms with van der Waals surface area (Å²) in [4.78, 5) is 4.11. The molecule has 0 bridgehead atoms. The Bertz CT molecular complexity index is 389. The van der Waals surface area contributed by atoms with Crippen LogP contribution >= 0.6 is 11.6 Å². The number of aromatic nitrogens is 1. The minimum absolute atomic E-state index is 0.351. The molecule has 1 aromatic rings. The third kappa shape index (κ3) is 2.07. The van der Waals surface area contributed by atoms with Gasteiger partial charge in [0.05, 0.1) is 5.69 Å². The van der Waals surface area contributed by atoms with Crippen molar-refractivity contribution in [1.82, 2.24) is 4.98 Å². The number of rotatable bonds is 1. The second-order valence-corrected chi connectivity index (χ2v) is 3.02. The predicted molar refractivity (Wildman–Crippen MR) is 53.4 cm³/mol. The first kappa shape index (κ1) is 9.76. The Morgan fingerprint density at radius 3 is 2.85 bits per heavy atom. The van der Waals surface area contributed by atoms with E-state index < -0.39 is 0 Å². The first-order chi connectivity index (χ1) is 6.19. The fourth-order valence-corrected chi connectivity index (χ4v) is 1.17. The van der Waals surface area contributed by atoms with Crippen molar-refractivity contribution in [2.75, 3.05) is 0 Å². The Hall–Kier alpha value is -1.33. The molecule has 0 unspecified atom stereocenters. The van der Waals surface area contributed by atoms with E-state index in [9.17, 15) is 0 Å². The lowest BCUT2D eigenvalue weighted by Gasteiger charge is -2.02. The lowest BCUT2D eigenvalue weighted by Crippen LogP contribution is -1.91. The van der Waals surface area contributed by atoms with Crippen molar-refractivity contribution in [3.05, 3.63) is 34.1 Å². The van der Waals surface area contributed by atoms with E-state index in [-0.39, 0.29) is 0 Å². The van der Waals surface area contributed by atoms with E-state index in [0.29, 0.717) is 10.7 Å². The summed E-state index contributed by atoms with van der Waals surface area (Å²) in [5, 5.41) is 9.23. The van der Waals surface area contributed by atoms with Gasteiger partial charge < -0.3 is 0 Å². The Kier molecular flexibility index (Phi) is 3.05. The number of allylic oxidation sites excluding steroid dienone is 1. The maximum Gasteiger partial charge on any atom is 0.142 e. The average molecular weight is 193 g/mol. The lowest BCUT2D eigenvalue weighted by atomic mass is 10.2. The lowest BCUT2D eigenvalue weighted by molar-refractivity contribution is 1.20. The van der Waals surface area contributed by atoms with E-state index in [1.165, 1.54) is 0 Å². The molecule has 0 spiro atoms. The number of pyridine rings is 1. The molecule has 0 aliphatic carbocycles. The van der Waals surface area contributed by atoms with Crippen LogP contribution in [0, 0.1) is 18.3 Å². The third-order valence-corrected chi connectivity index (χ3v) is 2.08. The third-order valence-electron chi connectivity index (χ3n) is 1.69. The molecular formula is C10H9ClN2. The molecule has 66 valence electrons. The van der Waals surface area contributed by atoms with E-state index in [4.69, 9.17) is 16.9 Å². The highest BCUT2D eigenvalue weighted by Crippen LogP contribution is 2.19. The van der Waals surface area contributed by atoms with Crippen LogP contribution in [0.5, 0.6) is 0 Å². The minimum Gasteiger partial charge on any atom is -0.237 e. The van der Waals surface area contributed by atoms with Gasteiger partial charge in [-0.15, -0.1) is 0 Å². The molecule has 0 amide bonds. The van der Waals surface area contributed by atoms with E-state index >= 15 is 0 Å². The summed E-state index contributed by atoms with van der Waals surface area (Å²) in [5.41, 5.74) is 2.01. The van der Waals surface area contributed by atoms with Gasteiger partial charge in [-0.3, -0.25) is 0 Å². The van der Waals surface area contributed by atoms with Gasteiger partial charge in [-0.25, -0.2) is 4.98 Å². The van der Waals surface area contributed by atoms with Crippen LogP contribution in [0.15, 0.2) is 12.1 Å². The maximum atomic E-state index is 8.65. The van der Waals surface area contributed by atoms with Crippen molar-refractivity contribution >= 4 is 17.7 Å². The molecule has 1 aromatic heterocycles. The van der Waals surface area contributed by atoms with Gasteiger partial charge in [0.25, 0.3) is 0 Å². The van der Waals surface area contributed by atoms with Crippen molar-refractivity contribution in [2.24, 2.45) is 0 Å². The molecule has 0 N–H and O–H groups in total. The standard InChI is InChI=1S/C10H9ClN2/c1-3-4-10-7(2)9(11)5-8(6-12)13-10/h3-5H,1-2H3/b4-3-. The van der Waals surface area contributed by atoms with Gasteiger partial charge >= 0.3 is 0 Å². The molecule has 3 heteroatoms. The highest BCUT2D eigenvalue weighted by Gasteiger charge is 2.04. The van der Waals surface area contributed by atoms with Gasteiger partial charge in [0.2, 0.25) is 0 Å². The fourth-order valence-electron chi connectivity index (χ4n) is 0.974. The molecule has 0 saturated heterocycles. The SMILES string of the molecule is C/C=C\c1nc(C#N)cc(Cl)c1C.